The summed E-state index contributed by atoms with van der Waals surface area (Å²) in [5, 5.41) is 8.54. The zero-order valence-electron chi connectivity index (χ0n) is 7.20. The maximum Gasteiger partial charge on any atom is 0.371 e. The molecule has 0 saturated heterocycles. The van der Waals surface area contributed by atoms with E-state index in [4.69, 9.17) is 9.52 Å². The van der Waals surface area contributed by atoms with E-state index in [0.717, 1.165) is 12.2 Å². The molecule has 0 aliphatic heterocycles. The van der Waals surface area contributed by atoms with Crippen molar-refractivity contribution < 1.29 is 14.3 Å². The fourth-order valence-corrected chi connectivity index (χ4v) is 1.00. The minimum Gasteiger partial charge on any atom is -0.475 e. The lowest BCUT2D eigenvalue weighted by molar-refractivity contribution is 0.0660. The Kier molecular flexibility index (Phi) is 2.53. The van der Waals surface area contributed by atoms with Crippen molar-refractivity contribution in [3.63, 3.8) is 0 Å². The molecule has 1 aromatic rings. The van der Waals surface area contributed by atoms with Gasteiger partial charge in [-0.2, -0.15) is 0 Å². The number of rotatable bonds is 3. The fourth-order valence-electron chi connectivity index (χ4n) is 1.00. The van der Waals surface area contributed by atoms with Crippen molar-refractivity contribution in [1.82, 2.24) is 0 Å². The van der Waals surface area contributed by atoms with Crippen LogP contribution < -0.4 is 0 Å². The highest BCUT2D eigenvalue weighted by Crippen LogP contribution is 2.12. The lowest BCUT2D eigenvalue weighted by Crippen LogP contribution is -1.94. The van der Waals surface area contributed by atoms with E-state index in [-0.39, 0.29) is 5.76 Å². The first-order valence-corrected chi connectivity index (χ1v) is 3.91. The highest BCUT2D eigenvalue weighted by atomic mass is 16.4. The molecule has 0 bridgehead atoms. The topological polar surface area (TPSA) is 50.4 Å². The summed E-state index contributed by atoms with van der Waals surface area (Å²) in [6, 6.07) is 3.20. The number of aromatic carboxylic acids is 1. The third-order valence-corrected chi connectivity index (χ3v) is 1.48. The van der Waals surface area contributed by atoms with Gasteiger partial charge in [0.15, 0.2) is 0 Å². The van der Waals surface area contributed by atoms with Gasteiger partial charge >= 0.3 is 5.97 Å². The van der Waals surface area contributed by atoms with Crippen molar-refractivity contribution in [3.8, 4) is 0 Å². The van der Waals surface area contributed by atoms with Crippen LogP contribution in [0.2, 0.25) is 0 Å². The highest BCUT2D eigenvalue weighted by molar-refractivity contribution is 5.84. The van der Waals surface area contributed by atoms with Gasteiger partial charge in [-0.1, -0.05) is 13.8 Å². The molecule has 0 saturated carbocycles. The monoisotopic (exact) mass is 168 g/mol. The SMILES string of the molecule is CC(C)Cc1ccc(C(=O)O)o1. The van der Waals surface area contributed by atoms with Crippen LogP contribution in [0.4, 0.5) is 0 Å². The third-order valence-electron chi connectivity index (χ3n) is 1.48. The normalized spacial score (nSPS) is 10.6. The van der Waals surface area contributed by atoms with Crippen molar-refractivity contribution in [1.29, 1.82) is 0 Å². The van der Waals surface area contributed by atoms with Crippen LogP contribution in [-0.4, -0.2) is 11.1 Å². The largest absolute Gasteiger partial charge is 0.475 e. The molecule has 3 nitrogen and oxygen atoms in total. The molecule has 0 radical (unpaired) electrons. The van der Waals surface area contributed by atoms with Crippen LogP contribution in [0.3, 0.4) is 0 Å². The van der Waals surface area contributed by atoms with Crippen LogP contribution in [0.5, 0.6) is 0 Å². The Morgan fingerprint density at radius 2 is 2.25 bits per heavy atom. The van der Waals surface area contributed by atoms with Crippen molar-refractivity contribution in [2.24, 2.45) is 5.92 Å². The van der Waals surface area contributed by atoms with Gasteiger partial charge in [0, 0.05) is 6.42 Å². The lowest BCUT2D eigenvalue weighted by atomic mass is 10.1. The van der Waals surface area contributed by atoms with Crippen LogP contribution in [0.25, 0.3) is 0 Å². The van der Waals surface area contributed by atoms with E-state index in [1.807, 2.05) is 0 Å². The van der Waals surface area contributed by atoms with Gasteiger partial charge in [-0.3, -0.25) is 0 Å². The summed E-state index contributed by atoms with van der Waals surface area (Å²) in [5.41, 5.74) is 0. The molecule has 1 aromatic heterocycles. The van der Waals surface area contributed by atoms with Gasteiger partial charge < -0.3 is 9.52 Å². The van der Waals surface area contributed by atoms with Gasteiger partial charge in [0.2, 0.25) is 5.76 Å². The summed E-state index contributed by atoms with van der Waals surface area (Å²) >= 11 is 0. The summed E-state index contributed by atoms with van der Waals surface area (Å²) in [4.78, 5) is 10.4. The minimum atomic E-state index is -1.01. The summed E-state index contributed by atoms with van der Waals surface area (Å²) < 4.78 is 5.06. The summed E-state index contributed by atoms with van der Waals surface area (Å²) in [7, 11) is 0. The van der Waals surface area contributed by atoms with E-state index >= 15 is 0 Å². The lowest BCUT2D eigenvalue weighted by Gasteiger charge is -1.98. The summed E-state index contributed by atoms with van der Waals surface area (Å²) in [6.07, 6.45) is 0.785. The van der Waals surface area contributed by atoms with Crippen molar-refractivity contribution in [3.05, 3.63) is 23.7 Å². The Balaban J connectivity index is 2.71. The predicted molar refractivity (Wildman–Crippen MR) is 44.2 cm³/mol. The summed E-state index contributed by atoms with van der Waals surface area (Å²) in [5.74, 6) is 0.232. The van der Waals surface area contributed by atoms with Gasteiger partial charge in [0.25, 0.3) is 0 Å². The van der Waals surface area contributed by atoms with E-state index in [1.54, 1.807) is 6.07 Å². The molecule has 3 heteroatoms. The molecule has 66 valence electrons. The van der Waals surface area contributed by atoms with Crippen LogP contribution in [-0.2, 0) is 6.42 Å². The van der Waals surface area contributed by atoms with Gasteiger partial charge in [-0.15, -0.1) is 0 Å². The Morgan fingerprint density at radius 1 is 1.58 bits per heavy atom. The fraction of sp³-hybridized carbons (Fsp3) is 0.444. The minimum absolute atomic E-state index is 0.0191. The first kappa shape index (κ1) is 8.84. The maximum atomic E-state index is 10.4. The molecular weight excluding hydrogens is 156 g/mol. The molecule has 0 atom stereocenters. The number of carboxylic acids is 1. The molecule has 12 heavy (non-hydrogen) atoms. The molecular formula is C9H12O3. The molecule has 1 N–H and O–H groups in total. The van der Waals surface area contributed by atoms with Crippen LogP contribution >= 0.6 is 0 Å². The van der Waals surface area contributed by atoms with E-state index in [9.17, 15) is 4.79 Å². The second-order valence-corrected chi connectivity index (χ2v) is 3.17. The quantitative estimate of drug-likeness (QED) is 0.752. The zero-order valence-corrected chi connectivity index (χ0v) is 7.20. The van der Waals surface area contributed by atoms with Crippen LogP contribution in [0.1, 0.15) is 30.2 Å². The Bertz CT molecular complexity index is 273. The molecule has 0 amide bonds. The van der Waals surface area contributed by atoms with E-state index in [0.29, 0.717) is 5.92 Å². The molecule has 0 fully saturated rings. The molecule has 0 aliphatic carbocycles. The average molecular weight is 168 g/mol. The number of carbonyl (C=O) groups is 1. The first-order valence-electron chi connectivity index (χ1n) is 3.91. The van der Waals surface area contributed by atoms with Crippen molar-refractivity contribution in [2.45, 2.75) is 20.3 Å². The van der Waals surface area contributed by atoms with Crippen LogP contribution in [0, 0.1) is 5.92 Å². The Hall–Kier alpha value is -1.25. The van der Waals surface area contributed by atoms with E-state index in [2.05, 4.69) is 13.8 Å². The van der Waals surface area contributed by atoms with Gasteiger partial charge in [0.05, 0.1) is 0 Å². The van der Waals surface area contributed by atoms with E-state index < -0.39 is 5.97 Å². The Morgan fingerprint density at radius 3 is 2.67 bits per heavy atom. The van der Waals surface area contributed by atoms with Crippen molar-refractivity contribution >= 4 is 5.97 Å². The van der Waals surface area contributed by atoms with Gasteiger partial charge in [-0.25, -0.2) is 4.79 Å². The molecule has 0 unspecified atom stereocenters. The number of furan rings is 1. The van der Waals surface area contributed by atoms with Gasteiger partial charge in [0.1, 0.15) is 5.76 Å². The maximum absolute atomic E-state index is 10.4. The zero-order chi connectivity index (χ0) is 9.14. The molecule has 1 heterocycles. The van der Waals surface area contributed by atoms with Crippen LogP contribution in [0.15, 0.2) is 16.5 Å². The molecule has 0 aromatic carbocycles. The number of hydrogen-bond donors (Lipinski definition) is 1. The number of hydrogen-bond acceptors (Lipinski definition) is 2. The summed E-state index contributed by atoms with van der Waals surface area (Å²) in [6.45, 7) is 4.12. The second kappa shape index (κ2) is 3.43. The second-order valence-electron chi connectivity index (χ2n) is 3.17. The average Bonchev–Trinajstić information content (AvgIpc) is 2.34. The van der Waals surface area contributed by atoms with E-state index in [1.165, 1.54) is 6.07 Å². The number of carboxylic acid groups (broad SMARTS) is 1. The Labute approximate surface area is 71.0 Å². The predicted octanol–water partition coefficient (Wildman–Crippen LogP) is 2.18. The molecule has 0 aliphatic rings. The molecule has 0 spiro atoms. The third kappa shape index (κ3) is 2.12. The molecule has 1 rings (SSSR count). The highest BCUT2D eigenvalue weighted by Gasteiger charge is 2.09. The van der Waals surface area contributed by atoms with Crippen molar-refractivity contribution in [2.75, 3.05) is 0 Å². The first-order chi connectivity index (χ1) is 5.59. The smallest absolute Gasteiger partial charge is 0.371 e. The van der Waals surface area contributed by atoms with Gasteiger partial charge in [-0.05, 0) is 18.1 Å². The standard InChI is InChI=1S/C9H12O3/c1-6(2)5-7-3-4-8(12-7)9(10)11/h3-4,6H,5H2,1-2H3,(H,10,11).